The molecular formula is C11H21N3. The Morgan fingerprint density at radius 2 is 2.21 bits per heavy atom. The van der Waals surface area contributed by atoms with Crippen LogP contribution in [0.25, 0.3) is 0 Å². The molecule has 1 N–H and O–H groups in total. The van der Waals surface area contributed by atoms with E-state index in [1.165, 1.54) is 17.7 Å². The number of aromatic nitrogens is 2. The molecule has 0 aliphatic carbocycles. The fourth-order valence-corrected chi connectivity index (χ4v) is 1.46. The van der Waals surface area contributed by atoms with Gasteiger partial charge in [-0.3, -0.25) is 4.68 Å². The highest BCUT2D eigenvalue weighted by molar-refractivity contribution is 5.16. The first kappa shape index (κ1) is 11.2. The van der Waals surface area contributed by atoms with Gasteiger partial charge in [0.05, 0.1) is 5.69 Å². The summed E-state index contributed by atoms with van der Waals surface area (Å²) in [5.74, 6) is 0. The Kier molecular flexibility index (Phi) is 4.14. The third-order valence-corrected chi connectivity index (χ3v) is 2.58. The summed E-state index contributed by atoms with van der Waals surface area (Å²) in [4.78, 5) is 0. The molecule has 0 saturated heterocycles. The second-order valence-electron chi connectivity index (χ2n) is 3.82. The van der Waals surface area contributed by atoms with Crippen LogP contribution in [0.1, 0.15) is 38.4 Å². The molecule has 3 nitrogen and oxygen atoms in total. The quantitative estimate of drug-likeness (QED) is 0.777. The zero-order valence-electron chi connectivity index (χ0n) is 9.67. The standard InChI is InChI=1S/C11H21N3/c1-5-9(3)12-7-10-8-14(4)13-11(10)6-2/h8-9,12H,5-7H2,1-4H3. The van der Waals surface area contributed by atoms with Gasteiger partial charge in [-0.25, -0.2) is 0 Å². The summed E-state index contributed by atoms with van der Waals surface area (Å²) in [6, 6.07) is 0.583. The second-order valence-corrected chi connectivity index (χ2v) is 3.82. The summed E-state index contributed by atoms with van der Waals surface area (Å²) >= 11 is 0. The van der Waals surface area contributed by atoms with Gasteiger partial charge < -0.3 is 5.32 Å². The van der Waals surface area contributed by atoms with Crippen LogP contribution in [0.5, 0.6) is 0 Å². The molecule has 0 saturated carbocycles. The van der Waals surface area contributed by atoms with Crippen molar-refractivity contribution < 1.29 is 0 Å². The summed E-state index contributed by atoms with van der Waals surface area (Å²) in [6.45, 7) is 7.49. The van der Waals surface area contributed by atoms with Crippen molar-refractivity contribution in [2.75, 3.05) is 0 Å². The highest BCUT2D eigenvalue weighted by Gasteiger charge is 2.06. The zero-order chi connectivity index (χ0) is 10.6. The predicted molar refractivity (Wildman–Crippen MR) is 59.2 cm³/mol. The molecule has 0 amide bonds. The number of aryl methyl sites for hydroxylation is 2. The topological polar surface area (TPSA) is 29.9 Å². The maximum Gasteiger partial charge on any atom is 0.0666 e. The first-order valence-corrected chi connectivity index (χ1v) is 5.42. The van der Waals surface area contributed by atoms with Crippen LogP contribution in [0.2, 0.25) is 0 Å². The minimum atomic E-state index is 0.583. The summed E-state index contributed by atoms with van der Waals surface area (Å²) in [5.41, 5.74) is 2.54. The number of nitrogens with one attached hydrogen (secondary N) is 1. The lowest BCUT2D eigenvalue weighted by Gasteiger charge is -2.10. The molecule has 1 aromatic rings. The van der Waals surface area contributed by atoms with E-state index in [4.69, 9.17) is 0 Å². The molecule has 1 rings (SSSR count). The van der Waals surface area contributed by atoms with Crippen LogP contribution in [-0.2, 0) is 20.0 Å². The number of nitrogens with zero attached hydrogens (tertiary/aromatic N) is 2. The monoisotopic (exact) mass is 195 g/mol. The lowest BCUT2D eigenvalue weighted by molar-refractivity contribution is 0.532. The van der Waals surface area contributed by atoms with Crippen LogP contribution in [0, 0.1) is 0 Å². The van der Waals surface area contributed by atoms with Crippen molar-refractivity contribution in [1.29, 1.82) is 0 Å². The van der Waals surface area contributed by atoms with E-state index in [-0.39, 0.29) is 0 Å². The van der Waals surface area contributed by atoms with Gasteiger partial charge in [-0.15, -0.1) is 0 Å². The van der Waals surface area contributed by atoms with E-state index in [1.807, 2.05) is 11.7 Å². The molecule has 14 heavy (non-hydrogen) atoms. The Bertz CT molecular complexity index is 278. The van der Waals surface area contributed by atoms with E-state index in [1.54, 1.807) is 0 Å². The Labute approximate surface area is 86.5 Å². The summed E-state index contributed by atoms with van der Waals surface area (Å²) in [6.07, 6.45) is 4.29. The van der Waals surface area contributed by atoms with Crippen LogP contribution in [-0.4, -0.2) is 15.8 Å². The number of hydrogen-bond acceptors (Lipinski definition) is 2. The highest BCUT2D eigenvalue weighted by atomic mass is 15.3. The molecule has 0 aliphatic rings. The van der Waals surface area contributed by atoms with Crippen LogP contribution < -0.4 is 5.32 Å². The van der Waals surface area contributed by atoms with Gasteiger partial charge in [0, 0.05) is 31.4 Å². The Hall–Kier alpha value is -0.830. The first-order chi connectivity index (χ1) is 6.67. The third kappa shape index (κ3) is 2.84. The van der Waals surface area contributed by atoms with Crippen molar-refractivity contribution in [2.45, 2.75) is 46.2 Å². The lowest BCUT2D eigenvalue weighted by Crippen LogP contribution is -2.24. The largest absolute Gasteiger partial charge is 0.310 e. The van der Waals surface area contributed by atoms with E-state index in [0.29, 0.717) is 6.04 Å². The zero-order valence-corrected chi connectivity index (χ0v) is 9.67. The molecule has 0 aromatic carbocycles. The van der Waals surface area contributed by atoms with Crippen molar-refractivity contribution in [2.24, 2.45) is 7.05 Å². The Morgan fingerprint density at radius 1 is 1.50 bits per heavy atom. The van der Waals surface area contributed by atoms with Gasteiger partial charge in [0.15, 0.2) is 0 Å². The van der Waals surface area contributed by atoms with Gasteiger partial charge >= 0.3 is 0 Å². The Balaban J connectivity index is 2.57. The normalized spacial score (nSPS) is 13.1. The lowest BCUT2D eigenvalue weighted by atomic mass is 10.2. The van der Waals surface area contributed by atoms with E-state index in [2.05, 4.69) is 37.4 Å². The van der Waals surface area contributed by atoms with E-state index in [0.717, 1.165) is 13.0 Å². The third-order valence-electron chi connectivity index (χ3n) is 2.58. The predicted octanol–water partition coefficient (Wildman–Crippen LogP) is 1.87. The fourth-order valence-electron chi connectivity index (χ4n) is 1.46. The van der Waals surface area contributed by atoms with E-state index in [9.17, 15) is 0 Å². The van der Waals surface area contributed by atoms with Crippen LogP contribution in [0.4, 0.5) is 0 Å². The molecule has 0 fully saturated rings. The molecule has 0 radical (unpaired) electrons. The van der Waals surface area contributed by atoms with Gasteiger partial charge in [0.2, 0.25) is 0 Å². The minimum absolute atomic E-state index is 0.583. The molecule has 0 bridgehead atoms. The number of hydrogen-bond donors (Lipinski definition) is 1. The van der Waals surface area contributed by atoms with Crippen molar-refractivity contribution in [1.82, 2.24) is 15.1 Å². The summed E-state index contributed by atoms with van der Waals surface area (Å²) < 4.78 is 1.90. The van der Waals surface area contributed by atoms with Crippen LogP contribution in [0.15, 0.2) is 6.20 Å². The second kappa shape index (κ2) is 5.15. The van der Waals surface area contributed by atoms with E-state index >= 15 is 0 Å². The summed E-state index contributed by atoms with van der Waals surface area (Å²) in [5, 5.41) is 7.89. The molecule has 0 spiro atoms. The minimum Gasteiger partial charge on any atom is -0.310 e. The summed E-state index contributed by atoms with van der Waals surface area (Å²) in [7, 11) is 1.98. The molecule has 0 aliphatic heterocycles. The smallest absolute Gasteiger partial charge is 0.0666 e. The molecule has 1 unspecified atom stereocenters. The SMILES string of the molecule is CCc1nn(C)cc1CNC(C)CC. The van der Waals surface area contributed by atoms with Gasteiger partial charge in [-0.2, -0.15) is 5.10 Å². The van der Waals surface area contributed by atoms with Crippen LogP contribution in [0.3, 0.4) is 0 Å². The maximum atomic E-state index is 4.41. The van der Waals surface area contributed by atoms with Gasteiger partial charge in [0.1, 0.15) is 0 Å². The first-order valence-electron chi connectivity index (χ1n) is 5.42. The van der Waals surface area contributed by atoms with Crippen LogP contribution >= 0.6 is 0 Å². The van der Waals surface area contributed by atoms with Gasteiger partial charge in [-0.1, -0.05) is 13.8 Å². The molecular weight excluding hydrogens is 174 g/mol. The molecule has 80 valence electrons. The molecule has 1 atom stereocenters. The van der Waals surface area contributed by atoms with Gasteiger partial charge in [-0.05, 0) is 19.8 Å². The Morgan fingerprint density at radius 3 is 2.79 bits per heavy atom. The number of rotatable bonds is 5. The van der Waals surface area contributed by atoms with E-state index < -0.39 is 0 Å². The van der Waals surface area contributed by atoms with Crippen molar-refractivity contribution in [3.05, 3.63) is 17.5 Å². The average molecular weight is 195 g/mol. The van der Waals surface area contributed by atoms with Gasteiger partial charge in [0.25, 0.3) is 0 Å². The fraction of sp³-hybridized carbons (Fsp3) is 0.727. The highest BCUT2D eigenvalue weighted by Crippen LogP contribution is 2.07. The van der Waals surface area contributed by atoms with Crippen molar-refractivity contribution in [3.63, 3.8) is 0 Å². The molecule has 1 aromatic heterocycles. The van der Waals surface area contributed by atoms with Crippen molar-refractivity contribution in [3.8, 4) is 0 Å². The molecule has 1 heterocycles. The average Bonchev–Trinajstić information content (AvgIpc) is 2.55. The molecule has 3 heteroatoms. The van der Waals surface area contributed by atoms with Crippen molar-refractivity contribution >= 4 is 0 Å². The maximum absolute atomic E-state index is 4.41.